The lowest BCUT2D eigenvalue weighted by Crippen LogP contribution is -2.35. The van der Waals surface area contributed by atoms with Gasteiger partial charge in [0.25, 0.3) is 5.91 Å². The van der Waals surface area contributed by atoms with Crippen LogP contribution in [0.15, 0.2) is 71.2 Å². The highest BCUT2D eigenvalue weighted by Crippen LogP contribution is 2.30. The van der Waals surface area contributed by atoms with E-state index in [9.17, 15) is 9.59 Å². The molecule has 1 aliphatic rings. The van der Waals surface area contributed by atoms with E-state index in [1.807, 2.05) is 56.3 Å². The molecule has 33 heavy (non-hydrogen) atoms. The highest BCUT2D eigenvalue weighted by atomic mass is 79.9. The molecule has 4 rings (SSSR count). The van der Waals surface area contributed by atoms with Gasteiger partial charge in [-0.3, -0.25) is 4.79 Å². The predicted molar refractivity (Wildman–Crippen MR) is 137 cm³/mol. The fraction of sp³-hybridized carbons (Fsp3) is 0.231. The van der Waals surface area contributed by atoms with E-state index in [1.54, 1.807) is 6.07 Å². The highest BCUT2D eigenvalue weighted by molar-refractivity contribution is 9.10. The van der Waals surface area contributed by atoms with E-state index < -0.39 is 0 Å². The lowest BCUT2D eigenvalue weighted by Gasteiger charge is -2.32. The molecule has 170 valence electrons. The van der Waals surface area contributed by atoms with Crippen LogP contribution >= 0.6 is 15.9 Å². The Hall–Kier alpha value is -3.32. The Kier molecular flexibility index (Phi) is 6.99. The minimum absolute atomic E-state index is 0.00440. The van der Waals surface area contributed by atoms with Gasteiger partial charge in [-0.1, -0.05) is 40.2 Å². The summed E-state index contributed by atoms with van der Waals surface area (Å²) in [6.45, 7) is 5.44. The Labute approximate surface area is 202 Å². The van der Waals surface area contributed by atoms with Gasteiger partial charge in [0.2, 0.25) is 0 Å². The van der Waals surface area contributed by atoms with Crippen molar-refractivity contribution in [3.05, 3.63) is 87.9 Å². The number of urea groups is 1. The van der Waals surface area contributed by atoms with Gasteiger partial charge in [0, 0.05) is 40.7 Å². The van der Waals surface area contributed by atoms with E-state index in [0.29, 0.717) is 16.9 Å². The molecule has 3 amide bonds. The van der Waals surface area contributed by atoms with Crippen LogP contribution in [0.3, 0.4) is 0 Å². The number of carbonyl (C=O) groups is 2. The zero-order valence-electron chi connectivity index (χ0n) is 18.7. The molecule has 3 N–H and O–H groups in total. The van der Waals surface area contributed by atoms with Crippen LogP contribution in [-0.4, -0.2) is 24.5 Å². The molecule has 0 radical (unpaired) electrons. The van der Waals surface area contributed by atoms with Crippen molar-refractivity contribution in [3.63, 3.8) is 0 Å². The molecule has 0 aromatic heterocycles. The third-order valence-corrected chi connectivity index (χ3v) is 6.02. The SMILES string of the molecule is CC(C)NC(=O)c1cc(NC(=O)Nc2ccc(Br)cc2)ccc1N1CCc2ccccc2C1. The van der Waals surface area contributed by atoms with Gasteiger partial charge in [-0.05, 0) is 73.9 Å². The summed E-state index contributed by atoms with van der Waals surface area (Å²) < 4.78 is 0.935. The number of hydrogen-bond donors (Lipinski definition) is 3. The van der Waals surface area contributed by atoms with Gasteiger partial charge in [0.05, 0.1) is 5.56 Å². The Balaban J connectivity index is 1.56. The zero-order chi connectivity index (χ0) is 23.4. The second-order valence-corrected chi connectivity index (χ2v) is 9.30. The third-order valence-electron chi connectivity index (χ3n) is 5.49. The summed E-state index contributed by atoms with van der Waals surface area (Å²) in [6, 6.07) is 20.9. The molecular weight excluding hydrogens is 480 g/mol. The van der Waals surface area contributed by atoms with Crippen molar-refractivity contribution in [1.82, 2.24) is 5.32 Å². The number of anilines is 3. The fourth-order valence-corrected chi connectivity index (χ4v) is 4.20. The molecule has 0 fully saturated rings. The minimum atomic E-state index is -0.368. The molecule has 0 unspecified atom stereocenters. The highest BCUT2D eigenvalue weighted by Gasteiger charge is 2.22. The molecule has 0 spiro atoms. The van der Waals surface area contributed by atoms with Crippen LogP contribution in [0.4, 0.5) is 21.9 Å². The summed E-state index contributed by atoms with van der Waals surface area (Å²) in [7, 11) is 0. The van der Waals surface area contributed by atoms with Crippen LogP contribution in [0, 0.1) is 0 Å². The molecular formula is C26H27BrN4O2. The second kappa shape index (κ2) is 10.1. The van der Waals surface area contributed by atoms with Crippen molar-refractivity contribution >= 4 is 44.9 Å². The van der Waals surface area contributed by atoms with Crippen LogP contribution in [0.25, 0.3) is 0 Å². The molecule has 3 aromatic rings. The quantitative estimate of drug-likeness (QED) is 0.409. The molecule has 0 atom stereocenters. The minimum Gasteiger partial charge on any atom is -0.366 e. The molecule has 6 nitrogen and oxygen atoms in total. The van der Waals surface area contributed by atoms with Crippen LogP contribution in [-0.2, 0) is 13.0 Å². The fourth-order valence-electron chi connectivity index (χ4n) is 3.94. The van der Waals surface area contributed by atoms with Crippen molar-refractivity contribution < 1.29 is 9.59 Å². The van der Waals surface area contributed by atoms with Gasteiger partial charge in [0.1, 0.15) is 0 Å². The normalized spacial score (nSPS) is 12.8. The number of rotatable bonds is 5. The van der Waals surface area contributed by atoms with Crippen molar-refractivity contribution in [1.29, 1.82) is 0 Å². The van der Waals surface area contributed by atoms with Crippen molar-refractivity contribution in [2.24, 2.45) is 0 Å². The summed E-state index contributed by atoms with van der Waals surface area (Å²) >= 11 is 3.38. The van der Waals surface area contributed by atoms with E-state index in [1.165, 1.54) is 11.1 Å². The number of carbonyl (C=O) groups excluding carboxylic acids is 2. The predicted octanol–water partition coefficient (Wildman–Crippen LogP) is 5.79. The largest absolute Gasteiger partial charge is 0.366 e. The maximum Gasteiger partial charge on any atom is 0.323 e. The van der Waals surface area contributed by atoms with Crippen molar-refractivity contribution in [3.8, 4) is 0 Å². The first-order chi connectivity index (χ1) is 15.9. The Morgan fingerprint density at radius 1 is 0.909 bits per heavy atom. The molecule has 1 aliphatic heterocycles. The maximum absolute atomic E-state index is 13.1. The summed E-state index contributed by atoms with van der Waals surface area (Å²) in [5.74, 6) is -0.157. The van der Waals surface area contributed by atoms with Gasteiger partial charge < -0.3 is 20.9 Å². The van der Waals surface area contributed by atoms with E-state index in [2.05, 4.69) is 55.0 Å². The molecule has 0 bridgehead atoms. The summed E-state index contributed by atoms with van der Waals surface area (Å²) in [5.41, 5.74) is 5.27. The Bertz CT molecular complexity index is 1160. The summed E-state index contributed by atoms with van der Waals surface area (Å²) in [5, 5.41) is 8.63. The third kappa shape index (κ3) is 5.73. The lowest BCUT2D eigenvalue weighted by atomic mass is 9.98. The van der Waals surface area contributed by atoms with Gasteiger partial charge in [0.15, 0.2) is 0 Å². The maximum atomic E-state index is 13.1. The number of benzene rings is 3. The average molecular weight is 507 g/mol. The summed E-state index contributed by atoms with van der Waals surface area (Å²) in [6.07, 6.45) is 0.928. The first-order valence-corrected chi connectivity index (χ1v) is 11.8. The van der Waals surface area contributed by atoms with Gasteiger partial charge in [-0.15, -0.1) is 0 Å². The average Bonchev–Trinajstić information content (AvgIpc) is 2.80. The van der Waals surface area contributed by atoms with E-state index in [0.717, 1.165) is 29.7 Å². The van der Waals surface area contributed by atoms with Gasteiger partial charge in [-0.2, -0.15) is 0 Å². The van der Waals surface area contributed by atoms with Crippen LogP contribution in [0.1, 0.15) is 35.3 Å². The molecule has 1 heterocycles. The Morgan fingerprint density at radius 3 is 2.30 bits per heavy atom. The molecule has 7 heteroatoms. The number of halogens is 1. The molecule has 3 aromatic carbocycles. The van der Waals surface area contributed by atoms with Crippen LogP contribution < -0.4 is 20.9 Å². The van der Waals surface area contributed by atoms with Crippen molar-refractivity contribution in [2.75, 3.05) is 22.1 Å². The molecule has 0 saturated heterocycles. The topological polar surface area (TPSA) is 73.5 Å². The van der Waals surface area contributed by atoms with E-state index >= 15 is 0 Å². The second-order valence-electron chi connectivity index (χ2n) is 8.39. The van der Waals surface area contributed by atoms with Gasteiger partial charge in [-0.25, -0.2) is 4.79 Å². The van der Waals surface area contributed by atoms with E-state index in [-0.39, 0.29) is 18.0 Å². The smallest absolute Gasteiger partial charge is 0.323 e. The zero-order valence-corrected chi connectivity index (χ0v) is 20.3. The number of hydrogen-bond acceptors (Lipinski definition) is 3. The number of fused-ring (bicyclic) bond motifs is 1. The standard InChI is InChI=1S/C26H27BrN4O2/c1-17(2)28-25(32)23-15-22(30-26(33)29-21-9-7-20(27)8-10-21)11-12-24(23)31-14-13-18-5-3-4-6-19(18)16-31/h3-12,15,17H,13-14,16H2,1-2H3,(H,28,32)(H2,29,30,33). The number of amides is 3. The number of nitrogens with zero attached hydrogens (tertiary/aromatic N) is 1. The summed E-state index contributed by atoms with van der Waals surface area (Å²) in [4.78, 5) is 27.8. The van der Waals surface area contributed by atoms with Crippen molar-refractivity contribution in [2.45, 2.75) is 32.9 Å². The van der Waals surface area contributed by atoms with Crippen LogP contribution in [0.2, 0.25) is 0 Å². The lowest BCUT2D eigenvalue weighted by molar-refractivity contribution is 0.0943. The Morgan fingerprint density at radius 2 is 1.58 bits per heavy atom. The van der Waals surface area contributed by atoms with Crippen LogP contribution in [0.5, 0.6) is 0 Å². The molecule has 0 aliphatic carbocycles. The van der Waals surface area contributed by atoms with E-state index in [4.69, 9.17) is 0 Å². The molecule has 0 saturated carbocycles. The number of nitrogens with one attached hydrogen (secondary N) is 3. The first-order valence-electron chi connectivity index (χ1n) is 11.0. The van der Waals surface area contributed by atoms with Gasteiger partial charge >= 0.3 is 6.03 Å². The monoisotopic (exact) mass is 506 g/mol. The first kappa shape index (κ1) is 22.9.